The van der Waals surface area contributed by atoms with Gasteiger partial charge in [-0.05, 0) is 17.4 Å². The molecule has 2 rings (SSSR count). The predicted molar refractivity (Wildman–Crippen MR) is 37.4 cm³/mol. The normalized spacial score (nSPS) is 11.0. The highest BCUT2D eigenvalue weighted by molar-refractivity contribution is 5.63. The van der Waals surface area contributed by atoms with E-state index >= 15 is 0 Å². The fraction of sp³-hybridized carbons (Fsp3) is 0. The van der Waals surface area contributed by atoms with Crippen molar-refractivity contribution in [1.29, 1.82) is 0 Å². The molecule has 12 heavy (non-hydrogen) atoms. The van der Waals surface area contributed by atoms with Gasteiger partial charge in [-0.25, -0.2) is 4.63 Å². The van der Waals surface area contributed by atoms with Gasteiger partial charge in [-0.2, -0.15) is 5.21 Å². The van der Waals surface area contributed by atoms with Gasteiger partial charge in [-0.1, -0.05) is 10.3 Å². The van der Waals surface area contributed by atoms with E-state index < -0.39 is 0 Å². The van der Waals surface area contributed by atoms with Crippen molar-refractivity contribution in [2.24, 2.45) is 0 Å². The zero-order chi connectivity index (χ0) is 8.23. The smallest absolute Gasteiger partial charge is 0.197 e. The van der Waals surface area contributed by atoms with Gasteiger partial charge in [0.25, 0.3) is 0 Å². The minimum Gasteiger partial charge on any atom is -0.244 e. The second-order valence-electron chi connectivity index (χ2n) is 1.94. The van der Waals surface area contributed by atoms with Crippen LogP contribution >= 0.6 is 0 Å². The second-order valence-corrected chi connectivity index (χ2v) is 1.94. The van der Waals surface area contributed by atoms with Crippen LogP contribution in [-0.2, 0) is 0 Å². The van der Waals surface area contributed by atoms with Crippen LogP contribution in [0, 0.1) is 0 Å². The summed E-state index contributed by atoms with van der Waals surface area (Å²) in [6.45, 7) is 0. The Labute approximate surface area is 66.4 Å². The molecule has 0 radical (unpaired) electrons. The number of tetrazole rings is 1. The fourth-order valence-corrected chi connectivity index (χ4v) is 0.645. The maximum Gasteiger partial charge on any atom is 0.197 e. The van der Waals surface area contributed by atoms with E-state index in [-0.39, 0.29) is 0 Å². The molecule has 0 aliphatic rings. The number of aromatic amines is 1. The highest BCUT2D eigenvalue weighted by atomic mass is 16.6. The molecule has 0 aromatic carbocycles. The summed E-state index contributed by atoms with van der Waals surface area (Å²) in [4.78, 5) is 0. The molecule has 7 heteroatoms. The lowest BCUT2D eigenvalue weighted by Gasteiger charge is -1.75. The van der Waals surface area contributed by atoms with Crippen LogP contribution in [0.15, 0.2) is 10.8 Å². The predicted octanol–water partition coefficient (Wildman–Crippen LogP) is -0.247. The Morgan fingerprint density at radius 2 is 2.42 bits per heavy atom. The Morgan fingerprint density at radius 1 is 1.42 bits per heavy atom. The maximum absolute atomic E-state index is 4.37. The van der Waals surface area contributed by atoms with Crippen molar-refractivity contribution in [3.05, 3.63) is 17.7 Å². The molecule has 0 fully saturated rings. The van der Waals surface area contributed by atoms with Gasteiger partial charge in [0, 0.05) is 0 Å². The summed E-state index contributed by atoms with van der Waals surface area (Å²) < 4.78 is 4.37. The average Bonchev–Trinajstić information content (AvgIpc) is 2.74. The van der Waals surface area contributed by atoms with Crippen molar-refractivity contribution in [2.45, 2.75) is 0 Å². The lowest BCUT2D eigenvalue weighted by Crippen LogP contribution is -1.74. The summed E-state index contributed by atoms with van der Waals surface area (Å²) in [5.41, 5.74) is 0.611. The molecule has 0 amide bonds. The van der Waals surface area contributed by atoms with Crippen molar-refractivity contribution < 1.29 is 4.63 Å². The molecule has 7 nitrogen and oxygen atoms in total. The third-order valence-corrected chi connectivity index (χ3v) is 1.14. The number of nitrogens with one attached hydrogen (secondary N) is 1. The molecular formula is C5H4N6O. The van der Waals surface area contributed by atoms with E-state index in [0.717, 1.165) is 0 Å². The van der Waals surface area contributed by atoms with E-state index in [1.54, 1.807) is 12.2 Å². The van der Waals surface area contributed by atoms with Crippen molar-refractivity contribution in [3.8, 4) is 0 Å². The van der Waals surface area contributed by atoms with Gasteiger partial charge in [-0.15, -0.1) is 10.2 Å². The minimum atomic E-state index is 0.484. The molecule has 0 aliphatic heterocycles. The SMILES string of the molecule is C(=C\c1nn[nH]n1)/c1cnon1. The lowest BCUT2D eigenvalue weighted by atomic mass is 10.4. The molecule has 60 valence electrons. The Hall–Kier alpha value is -2.05. The second kappa shape index (κ2) is 2.91. The van der Waals surface area contributed by atoms with Crippen molar-refractivity contribution in [3.63, 3.8) is 0 Å². The molecule has 0 unspecified atom stereocenters. The van der Waals surface area contributed by atoms with Crippen LogP contribution in [0.5, 0.6) is 0 Å². The third kappa shape index (κ3) is 1.34. The van der Waals surface area contributed by atoms with E-state index in [2.05, 4.69) is 35.6 Å². The highest BCUT2D eigenvalue weighted by Crippen LogP contribution is 1.97. The number of nitrogens with zero attached hydrogens (tertiary/aromatic N) is 5. The van der Waals surface area contributed by atoms with Crippen LogP contribution in [0.1, 0.15) is 11.5 Å². The summed E-state index contributed by atoms with van der Waals surface area (Å²) in [5.74, 6) is 0.484. The Kier molecular flexibility index (Phi) is 1.61. The quantitative estimate of drug-likeness (QED) is 0.657. The number of hydrogen-bond acceptors (Lipinski definition) is 6. The molecule has 2 heterocycles. The molecule has 2 aromatic rings. The fourth-order valence-electron chi connectivity index (χ4n) is 0.645. The molecule has 0 aliphatic carbocycles. The topological polar surface area (TPSA) is 93.4 Å². The first kappa shape index (κ1) is 6.65. The van der Waals surface area contributed by atoms with Crippen LogP contribution in [0.25, 0.3) is 12.2 Å². The van der Waals surface area contributed by atoms with E-state index in [4.69, 9.17) is 0 Å². The number of aromatic nitrogens is 6. The Morgan fingerprint density at radius 3 is 3.08 bits per heavy atom. The monoisotopic (exact) mass is 164 g/mol. The largest absolute Gasteiger partial charge is 0.244 e. The lowest BCUT2D eigenvalue weighted by molar-refractivity contribution is 0.306. The molecule has 0 saturated heterocycles. The molecule has 0 saturated carbocycles. The Bertz CT molecular complexity index is 313. The van der Waals surface area contributed by atoms with Crippen LogP contribution in [0.4, 0.5) is 0 Å². The van der Waals surface area contributed by atoms with Gasteiger partial charge in [0.2, 0.25) is 0 Å². The van der Waals surface area contributed by atoms with Crippen molar-refractivity contribution in [1.82, 2.24) is 30.9 Å². The van der Waals surface area contributed by atoms with Crippen LogP contribution in [0.3, 0.4) is 0 Å². The molecule has 0 bridgehead atoms. The van der Waals surface area contributed by atoms with Crippen LogP contribution < -0.4 is 0 Å². The standard InChI is InChI=1S/C5H4N6O/c1(4-3-6-12-9-4)2-5-7-10-11-8-5/h1-3H,(H,7,8,10,11)/b2-1+. The summed E-state index contributed by atoms with van der Waals surface area (Å²) in [5, 5.41) is 20.1. The van der Waals surface area contributed by atoms with Gasteiger partial charge in [0.1, 0.15) is 5.69 Å². The summed E-state index contributed by atoms with van der Waals surface area (Å²) in [7, 11) is 0. The third-order valence-electron chi connectivity index (χ3n) is 1.14. The molecule has 1 N–H and O–H groups in total. The van der Waals surface area contributed by atoms with Crippen molar-refractivity contribution >= 4 is 12.2 Å². The summed E-state index contributed by atoms with van der Waals surface area (Å²) in [6.07, 6.45) is 4.79. The number of H-pyrrole nitrogens is 1. The van der Waals surface area contributed by atoms with Gasteiger partial charge < -0.3 is 0 Å². The van der Waals surface area contributed by atoms with Crippen molar-refractivity contribution in [2.75, 3.05) is 0 Å². The molecule has 0 spiro atoms. The summed E-state index contributed by atoms with van der Waals surface area (Å²) >= 11 is 0. The van der Waals surface area contributed by atoms with E-state index in [1.807, 2.05) is 0 Å². The van der Waals surface area contributed by atoms with Crippen LogP contribution in [0.2, 0.25) is 0 Å². The van der Waals surface area contributed by atoms with E-state index in [0.29, 0.717) is 11.5 Å². The van der Waals surface area contributed by atoms with Gasteiger partial charge in [-0.3, -0.25) is 0 Å². The zero-order valence-corrected chi connectivity index (χ0v) is 5.88. The first-order valence-corrected chi connectivity index (χ1v) is 3.14. The highest BCUT2D eigenvalue weighted by Gasteiger charge is 1.92. The Balaban J connectivity index is 2.14. The average molecular weight is 164 g/mol. The minimum absolute atomic E-state index is 0.484. The number of rotatable bonds is 2. The summed E-state index contributed by atoms with van der Waals surface area (Å²) in [6, 6.07) is 0. The van der Waals surface area contributed by atoms with Gasteiger partial charge in [0.15, 0.2) is 5.82 Å². The van der Waals surface area contributed by atoms with Gasteiger partial charge in [0.05, 0.1) is 6.20 Å². The number of hydrogen-bond donors (Lipinski definition) is 1. The van der Waals surface area contributed by atoms with E-state index in [9.17, 15) is 0 Å². The first-order valence-electron chi connectivity index (χ1n) is 3.14. The molecule has 0 atom stereocenters. The first-order chi connectivity index (χ1) is 5.95. The maximum atomic E-state index is 4.37. The molecular weight excluding hydrogens is 160 g/mol. The van der Waals surface area contributed by atoms with Crippen LogP contribution in [-0.4, -0.2) is 30.9 Å². The molecule has 2 aromatic heterocycles. The van der Waals surface area contributed by atoms with Gasteiger partial charge >= 0.3 is 0 Å². The zero-order valence-electron chi connectivity index (χ0n) is 5.88. The van der Waals surface area contributed by atoms with E-state index in [1.165, 1.54) is 6.20 Å².